The zero-order valence-electron chi connectivity index (χ0n) is 17.6. The zero-order valence-corrected chi connectivity index (χ0v) is 17.6. The van der Waals surface area contributed by atoms with E-state index in [0.29, 0.717) is 13.1 Å². The van der Waals surface area contributed by atoms with Crippen LogP contribution in [0.4, 0.5) is 5.69 Å². The molecular formula is C26H30N2O2. The first-order valence-electron chi connectivity index (χ1n) is 11.0. The Hall–Kier alpha value is -2.88. The molecule has 1 unspecified atom stereocenters. The Morgan fingerprint density at radius 3 is 2.33 bits per heavy atom. The normalized spacial score (nSPS) is 19.5. The van der Waals surface area contributed by atoms with Gasteiger partial charge in [-0.15, -0.1) is 0 Å². The van der Waals surface area contributed by atoms with E-state index in [9.17, 15) is 9.59 Å². The van der Waals surface area contributed by atoms with Crippen LogP contribution in [0.25, 0.3) is 11.1 Å². The van der Waals surface area contributed by atoms with E-state index in [1.165, 1.54) is 11.1 Å². The van der Waals surface area contributed by atoms with Gasteiger partial charge in [-0.3, -0.25) is 9.59 Å². The van der Waals surface area contributed by atoms with Crippen molar-refractivity contribution in [2.75, 3.05) is 18.4 Å². The van der Waals surface area contributed by atoms with E-state index < -0.39 is 0 Å². The number of likely N-dealkylation sites (tertiary alicyclic amines) is 1. The van der Waals surface area contributed by atoms with Gasteiger partial charge in [-0.1, -0.05) is 54.1 Å². The van der Waals surface area contributed by atoms with E-state index in [-0.39, 0.29) is 23.7 Å². The lowest BCUT2D eigenvalue weighted by Crippen LogP contribution is -2.44. The average molecular weight is 403 g/mol. The Labute approximate surface area is 179 Å². The van der Waals surface area contributed by atoms with Crippen molar-refractivity contribution < 1.29 is 9.59 Å². The molecule has 1 aliphatic carbocycles. The molecule has 156 valence electrons. The lowest BCUT2D eigenvalue weighted by atomic mass is 9.90. The van der Waals surface area contributed by atoms with Crippen LogP contribution in [-0.4, -0.2) is 29.8 Å². The first-order chi connectivity index (χ1) is 14.6. The number of anilines is 1. The van der Waals surface area contributed by atoms with Crippen molar-refractivity contribution in [1.29, 1.82) is 0 Å². The lowest BCUT2D eigenvalue weighted by Gasteiger charge is -2.34. The minimum Gasteiger partial charge on any atom is -0.342 e. The topological polar surface area (TPSA) is 49.4 Å². The summed E-state index contributed by atoms with van der Waals surface area (Å²) in [6.45, 7) is 3.45. The lowest BCUT2D eigenvalue weighted by molar-refractivity contribution is -0.138. The highest BCUT2D eigenvalue weighted by molar-refractivity contribution is 5.93. The number of carbonyl (C=O) groups is 2. The molecule has 1 aliphatic heterocycles. The van der Waals surface area contributed by atoms with Crippen molar-refractivity contribution in [2.24, 2.45) is 11.8 Å². The van der Waals surface area contributed by atoms with E-state index in [1.807, 2.05) is 29.2 Å². The van der Waals surface area contributed by atoms with Crippen molar-refractivity contribution in [3.8, 4) is 11.1 Å². The summed E-state index contributed by atoms with van der Waals surface area (Å²) in [5, 5.41) is 3.06. The number of hydrogen-bond acceptors (Lipinski definition) is 2. The fourth-order valence-electron chi connectivity index (χ4n) is 4.45. The molecule has 1 atom stereocenters. The van der Waals surface area contributed by atoms with Gasteiger partial charge in [-0.05, 0) is 62.3 Å². The number of benzene rings is 2. The molecule has 4 rings (SSSR count). The quantitative estimate of drug-likeness (QED) is 0.715. The van der Waals surface area contributed by atoms with Crippen LogP contribution in [0.15, 0.2) is 60.7 Å². The molecule has 1 heterocycles. The first-order valence-corrected chi connectivity index (χ1v) is 11.0. The van der Waals surface area contributed by atoms with E-state index in [2.05, 4.69) is 48.7 Å². The highest BCUT2D eigenvalue weighted by atomic mass is 16.2. The number of amides is 2. The van der Waals surface area contributed by atoms with Crippen molar-refractivity contribution >= 4 is 17.5 Å². The largest absolute Gasteiger partial charge is 0.342 e. The first kappa shape index (κ1) is 20.4. The van der Waals surface area contributed by atoms with Gasteiger partial charge in [0, 0.05) is 30.6 Å². The Balaban J connectivity index is 1.29. The molecule has 30 heavy (non-hydrogen) atoms. The highest BCUT2D eigenvalue weighted by Crippen LogP contribution is 2.26. The Bertz CT molecular complexity index is 924. The van der Waals surface area contributed by atoms with Gasteiger partial charge >= 0.3 is 0 Å². The summed E-state index contributed by atoms with van der Waals surface area (Å²) in [5.41, 5.74) is 4.37. The number of allylic oxidation sites excluding steroid dienone is 2. The number of hydrogen-bond donors (Lipinski definition) is 1. The standard InChI is InChI=1S/C26H30N2O2/c1-19-6-5-9-23(18-19)20-10-12-24(13-11-20)27-25(29)21-14-16-28(17-15-21)26(30)22-7-3-2-4-8-22/h2-3,5-6,9-13,18,21-22H,4,7-8,14-17H2,1H3,(H,27,29). The van der Waals surface area contributed by atoms with Crippen LogP contribution < -0.4 is 5.32 Å². The number of carbonyl (C=O) groups excluding carboxylic acids is 2. The molecule has 2 aromatic rings. The van der Waals surface area contributed by atoms with Gasteiger partial charge < -0.3 is 10.2 Å². The van der Waals surface area contributed by atoms with E-state index >= 15 is 0 Å². The Morgan fingerprint density at radius 1 is 0.900 bits per heavy atom. The van der Waals surface area contributed by atoms with Gasteiger partial charge in [-0.25, -0.2) is 0 Å². The van der Waals surface area contributed by atoms with Crippen LogP contribution >= 0.6 is 0 Å². The molecule has 1 N–H and O–H groups in total. The maximum absolute atomic E-state index is 12.7. The summed E-state index contributed by atoms with van der Waals surface area (Å²) < 4.78 is 0. The minimum atomic E-state index is -0.0308. The highest BCUT2D eigenvalue weighted by Gasteiger charge is 2.30. The summed E-state index contributed by atoms with van der Waals surface area (Å²) in [6.07, 6.45) is 8.57. The van der Waals surface area contributed by atoms with Gasteiger partial charge in [0.25, 0.3) is 0 Å². The predicted octanol–water partition coefficient (Wildman–Crippen LogP) is 5.20. The Kier molecular flexibility index (Phi) is 6.32. The fourth-order valence-corrected chi connectivity index (χ4v) is 4.45. The van der Waals surface area contributed by atoms with Gasteiger partial charge in [0.2, 0.25) is 11.8 Å². The van der Waals surface area contributed by atoms with Gasteiger partial charge in [0.05, 0.1) is 0 Å². The number of nitrogens with one attached hydrogen (secondary N) is 1. The number of rotatable bonds is 4. The maximum Gasteiger partial charge on any atom is 0.227 e. The van der Waals surface area contributed by atoms with Crippen molar-refractivity contribution in [2.45, 2.75) is 39.0 Å². The summed E-state index contributed by atoms with van der Waals surface area (Å²) in [5.74, 6) is 0.431. The van der Waals surface area contributed by atoms with Crippen LogP contribution in [0.1, 0.15) is 37.7 Å². The van der Waals surface area contributed by atoms with Crippen LogP contribution in [0.2, 0.25) is 0 Å². The fraction of sp³-hybridized carbons (Fsp3) is 0.385. The summed E-state index contributed by atoms with van der Waals surface area (Å²) in [6, 6.07) is 16.4. The zero-order chi connectivity index (χ0) is 20.9. The van der Waals surface area contributed by atoms with Gasteiger partial charge in [0.15, 0.2) is 0 Å². The summed E-state index contributed by atoms with van der Waals surface area (Å²) >= 11 is 0. The minimum absolute atomic E-state index is 0.0308. The van der Waals surface area contributed by atoms with Gasteiger partial charge in [-0.2, -0.15) is 0 Å². The molecule has 0 saturated carbocycles. The summed E-state index contributed by atoms with van der Waals surface area (Å²) in [4.78, 5) is 27.4. The molecule has 0 bridgehead atoms. The third-order valence-corrected chi connectivity index (χ3v) is 6.30. The van der Waals surface area contributed by atoms with Gasteiger partial charge in [0.1, 0.15) is 0 Å². The summed E-state index contributed by atoms with van der Waals surface area (Å²) in [7, 11) is 0. The van der Waals surface area contributed by atoms with E-state index in [0.717, 1.165) is 43.4 Å². The van der Waals surface area contributed by atoms with Crippen molar-refractivity contribution in [1.82, 2.24) is 4.90 Å². The van der Waals surface area contributed by atoms with Crippen LogP contribution in [-0.2, 0) is 9.59 Å². The van der Waals surface area contributed by atoms with E-state index in [4.69, 9.17) is 0 Å². The molecule has 2 aromatic carbocycles. The molecule has 0 radical (unpaired) electrons. The monoisotopic (exact) mass is 402 g/mol. The average Bonchev–Trinajstić information content (AvgIpc) is 2.80. The SMILES string of the molecule is Cc1cccc(-c2ccc(NC(=O)C3CCN(C(=O)C4CC=CCC4)CC3)cc2)c1. The van der Waals surface area contributed by atoms with Crippen molar-refractivity contribution in [3.63, 3.8) is 0 Å². The third kappa shape index (κ3) is 4.81. The molecular weight excluding hydrogens is 372 g/mol. The molecule has 4 heteroatoms. The van der Waals surface area contributed by atoms with E-state index in [1.54, 1.807) is 0 Å². The van der Waals surface area contributed by atoms with Crippen LogP contribution in [0.3, 0.4) is 0 Å². The second-order valence-corrected chi connectivity index (χ2v) is 8.52. The second-order valence-electron chi connectivity index (χ2n) is 8.52. The predicted molar refractivity (Wildman–Crippen MR) is 121 cm³/mol. The van der Waals surface area contributed by atoms with Crippen LogP contribution in [0, 0.1) is 18.8 Å². The van der Waals surface area contributed by atoms with Crippen molar-refractivity contribution in [3.05, 3.63) is 66.2 Å². The molecule has 0 aromatic heterocycles. The molecule has 1 fully saturated rings. The van der Waals surface area contributed by atoms with Crippen LogP contribution in [0.5, 0.6) is 0 Å². The third-order valence-electron chi connectivity index (χ3n) is 6.30. The molecule has 0 spiro atoms. The molecule has 1 saturated heterocycles. The number of aryl methyl sites for hydroxylation is 1. The number of nitrogens with zero attached hydrogens (tertiary/aromatic N) is 1. The molecule has 2 aliphatic rings. The maximum atomic E-state index is 12.7. The molecule has 4 nitrogen and oxygen atoms in total. The molecule has 2 amide bonds. The Morgan fingerprint density at radius 2 is 1.67 bits per heavy atom. The number of piperidine rings is 1. The smallest absolute Gasteiger partial charge is 0.227 e. The second kappa shape index (κ2) is 9.29.